The maximum Gasteiger partial charge on any atom is 0.0991 e. The second kappa shape index (κ2) is 5.87. The van der Waals surface area contributed by atoms with Gasteiger partial charge in [0.05, 0.1) is 11.6 Å². The Balaban J connectivity index is 2.09. The first kappa shape index (κ1) is 14.1. The summed E-state index contributed by atoms with van der Waals surface area (Å²) in [6.07, 6.45) is 0. The van der Waals surface area contributed by atoms with Crippen molar-refractivity contribution in [3.05, 3.63) is 83.4 Å². The number of rotatable bonds is 2. The van der Waals surface area contributed by atoms with Gasteiger partial charge in [-0.3, -0.25) is 0 Å². The molecule has 0 aromatic heterocycles. The summed E-state index contributed by atoms with van der Waals surface area (Å²) in [6, 6.07) is 24.9. The summed E-state index contributed by atoms with van der Waals surface area (Å²) in [6.45, 7) is 4.29. The Labute approximate surface area is 131 Å². The summed E-state index contributed by atoms with van der Waals surface area (Å²) in [5, 5.41) is 8.92. The summed E-state index contributed by atoms with van der Waals surface area (Å²) in [5.74, 6) is 0. The van der Waals surface area contributed by atoms with Crippen LogP contribution in [0.3, 0.4) is 0 Å². The van der Waals surface area contributed by atoms with Gasteiger partial charge in [0, 0.05) is 0 Å². The monoisotopic (exact) mass is 283 g/mol. The second-order valence-corrected chi connectivity index (χ2v) is 5.54. The van der Waals surface area contributed by atoms with Crippen LogP contribution in [0.25, 0.3) is 22.3 Å². The zero-order valence-electron chi connectivity index (χ0n) is 12.8. The van der Waals surface area contributed by atoms with Crippen molar-refractivity contribution in [1.29, 1.82) is 5.26 Å². The van der Waals surface area contributed by atoms with Crippen molar-refractivity contribution >= 4 is 0 Å². The van der Waals surface area contributed by atoms with E-state index in [0.29, 0.717) is 5.56 Å². The third-order valence-corrected chi connectivity index (χ3v) is 3.94. The molecule has 0 bridgehead atoms. The maximum atomic E-state index is 8.92. The number of benzene rings is 3. The van der Waals surface area contributed by atoms with Crippen LogP contribution >= 0.6 is 0 Å². The Morgan fingerprint density at radius 1 is 0.682 bits per heavy atom. The minimum Gasteiger partial charge on any atom is -0.192 e. The molecule has 0 atom stereocenters. The van der Waals surface area contributed by atoms with Crippen molar-refractivity contribution < 1.29 is 0 Å². The number of nitrogens with zero attached hydrogens (tertiary/aromatic N) is 1. The van der Waals surface area contributed by atoms with E-state index in [1.165, 1.54) is 27.8 Å². The first-order valence-corrected chi connectivity index (χ1v) is 7.36. The van der Waals surface area contributed by atoms with Crippen LogP contribution in [0.2, 0.25) is 0 Å². The third-order valence-electron chi connectivity index (χ3n) is 3.94. The molecule has 0 fully saturated rings. The van der Waals surface area contributed by atoms with Crippen LogP contribution in [0.15, 0.2) is 66.7 Å². The fraction of sp³-hybridized carbons (Fsp3) is 0.0952. The van der Waals surface area contributed by atoms with E-state index in [1.807, 2.05) is 30.3 Å². The lowest BCUT2D eigenvalue weighted by Crippen LogP contribution is -1.91. The molecule has 0 unspecified atom stereocenters. The largest absolute Gasteiger partial charge is 0.192 e. The van der Waals surface area contributed by atoms with E-state index in [0.717, 1.165) is 5.56 Å². The van der Waals surface area contributed by atoms with Crippen LogP contribution < -0.4 is 0 Å². The molecule has 0 aliphatic rings. The molecular weight excluding hydrogens is 266 g/mol. The lowest BCUT2D eigenvalue weighted by molar-refractivity contribution is 1.37. The van der Waals surface area contributed by atoms with E-state index in [1.54, 1.807) is 0 Å². The Kier molecular flexibility index (Phi) is 3.76. The van der Waals surface area contributed by atoms with Crippen LogP contribution in [0.1, 0.15) is 16.7 Å². The lowest BCUT2D eigenvalue weighted by atomic mass is 9.91. The minimum atomic E-state index is 0.694. The Morgan fingerprint density at radius 2 is 1.27 bits per heavy atom. The Bertz CT molecular complexity index is 814. The number of hydrogen-bond acceptors (Lipinski definition) is 1. The molecule has 22 heavy (non-hydrogen) atoms. The van der Waals surface area contributed by atoms with Gasteiger partial charge in [-0.2, -0.15) is 5.26 Å². The summed E-state index contributed by atoms with van der Waals surface area (Å²) >= 11 is 0. The smallest absolute Gasteiger partial charge is 0.0991 e. The highest BCUT2D eigenvalue weighted by Gasteiger charge is 2.08. The first-order chi connectivity index (χ1) is 10.7. The molecule has 0 N–H and O–H groups in total. The number of hydrogen-bond donors (Lipinski definition) is 0. The molecule has 0 saturated carbocycles. The zero-order chi connectivity index (χ0) is 15.5. The van der Waals surface area contributed by atoms with Gasteiger partial charge in [-0.15, -0.1) is 0 Å². The van der Waals surface area contributed by atoms with Crippen molar-refractivity contribution in [3.8, 4) is 28.3 Å². The minimum absolute atomic E-state index is 0.694. The van der Waals surface area contributed by atoms with E-state index in [4.69, 9.17) is 5.26 Å². The molecule has 0 aliphatic heterocycles. The standard InChI is InChI=1S/C21H17N/c1-15-12-20(18-6-4-3-5-7-18)13-16(2)21(15)19-10-8-17(14-22)9-11-19/h3-13H,1-2H3. The fourth-order valence-corrected chi connectivity index (χ4v) is 2.93. The van der Waals surface area contributed by atoms with Crippen molar-refractivity contribution in [2.45, 2.75) is 13.8 Å². The average Bonchev–Trinajstić information content (AvgIpc) is 2.55. The average molecular weight is 283 g/mol. The fourth-order valence-electron chi connectivity index (χ4n) is 2.93. The van der Waals surface area contributed by atoms with Gasteiger partial charge in [0.1, 0.15) is 0 Å². The van der Waals surface area contributed by atoms with Crippen molar-refractivity contribution in [2.24, 2.45) is 0 Å². The van der Waals surface area contributed by atoms with Crippen molar-refractivity contribution in [2.75, 3.05) is 0 Å². The topological polar surface area (TPSA) is 23.8 Å². The molecule has 3 aromatic rings. The van der Waals surface area contributed by atoms with Gasteiger partial charge in [0.15, 0.2) is 0 Å². The van der Waals surface area contributed by atoms with Crippen LogP contribution in [0, 0.1) is 25.2 Å². The van der Waals surface area contributed by atoms with E-state index in [2.05, 4.69) is 56.3 Å². The molecule has 0 saturated heterocycles. The quantitative estimate of drug-likeness (QED) is 0.608. The van der Waals surface area contributed by atoms with Gasteiger partial charge in [0.2, 0.25) is 0 Å². The normalized spacial score (nSPS) is 10.2. The van der Waals surface area contributed by atoms with Crippen LogP contribution in [-0.4, -0.2) is 0 Å². The van der Waals surface area contributed by atoms with E-state index in [9.17, 15) is 0 Å². The third kappa shape index (κ3) is 2.64. The molecule has 0 heterocycles. The zero-order valence-corrected chi connectivity index (χ0v) is 12.8. The van der Waals surface area contributed by atoms with Crippen LogP contribution in [0.5, 0.6) is 0 Å². The Morgan fingerprint density at radius 3 is 1.82 bits per heavy atom. The SMILES string of the molecule is Cc1cc(-c2ccccc2)cc(C)c1-c1ccc(C#N)cc1. The molecule has 0 spiro atoms. The molecule has 3 rings (SSSR count). The number of aryl methyl sites for hydroxylation is 2. The van der Waals surface area contributed by atoms with Gasteiger partial charge < -0.3 is 0 Å². The highest BCUT2D eigenvalue weighted by molar-refractivity contribution is 5.76. The predicted octanol–water partition coefficient (Wildman–Crippen LogP) is 5.51. The summed E-state index contributed by atoms with van der Waals surface area (Å²) in [5.41, 5.74) is 8.10. The molecule has 0 radical (unpaired) electrons. The summed E-state index contributed by atoms with van der Waals surface area (Å²) < 4.78 is 0. The molecule has 106 valence electrons. The van der Waals surface area contributed by atoms with E-state index in [-0.39, 0.29) is 0 Å². The lowest BCUT2D eigenvalue weighted by Gasteiger charge is -2.13. The number of nitriles is 1. The molecule has 1 nitrogen and oxygen atoms in total. The molecular formula is C21H17N. The Hall–Kier alpha value is -2.85. The molecule has 3 aromatic carbocycles. The highest BCUT2D eigenvalue weighted by Crippen LogP contribution is 2.32. The van der Waals surface area contributed by atoms with Gasteiger partial charge in [0.25, 0.3) is 0 Å². The summed E-state index contributed by atoms with van der Waals surface area (Å²) in [7, 11) is 0. The highest BCUT2D eigenvalue weighted by atomic mass is 14.2. The van der Waals surface area contributed by atoms with Crippen molar-refractivity contribution in [1.82, 2.24) is 0 Å². The van der Waals surface area contributed by atoms with Gasteiger partial charge in [-0.05, 0) is 59.4 Å². The van der Waals surface area contributed by atoms with Gasteiger partial charge in [-0.1, -0.05) is 54.6 Å². The van der Waals surface area contributed by atoms with Crippen LogP contribution in [0.4, 0.5) is 0 Å². The van der Waals surface area contributed by atoms with Crippen LogP contribution in [-0.2, 0) is 0 Å². The van der Waals surface area contributed by atoms with Gasteiger partial charge >= 0.3 is 0 Å². The second-order valence-electron chi connectivity index (χ2n) is 5.54. The van der Waals surface area contributed by atoms with E-state index >= 15 is 0 Å². The molecule has 0 amide bonds. The molecule has 0 aliphatic carbocycles. The van der Waals surface area contributed by atoms with Crippen molar-refractivity contribution in [3.63, 3.8) is 0 Å². The first-order valence-electron chi connectivity index (χ1n) is 7.36. The van der Waals surface area contributed by atoms with Gasteiger partial charge in [-0.25, -0.2) is 0 Å². The molecule has 1 heteroatoms. The predicted molar refractivity (Wildman–Crippen MR) is 91.5 cm³/mol. The van der Waals surface area contributed by atoms with E-state index < -0.39 is 0 Å². The maximum absolute atomic E-state index is 8.92. The summed E-state index contributed by atoms with van der Waals surface area (Å²) in [4.78, 5) is 0.